The maximum absolute atomic E-state index is 5.72. The third kappa shape index (κ3) is 8.83. The maximum Gasteiger partial charge on any atom is 0.0704 e. The first kappa shape index (κ1) is 15.9. The van der Waals surface area contributed by atoms with Gasteiger partial charge in [0.15, 0.2) is 0 Å². The Balaban J connectivity index is 1.73. The molecule has 0 aliphatic carbocycles. The zero-order chi connectivity index (χ0) is 12.9. The van der Waals surface area contributed by atoms with Gasteiger partial charge in [0.2, 0.25) is 0 Å². The Morgan fingerprint density at radius 3 is 2.00 bits per heavy atom. The molecule has 1 aliphatic rings. The summed E-state index contributed by atoms with van der Waals surface area (Å²) in [5, 5.41) is 3.32. The van der Waals surface area contributed by atoms with Gasteiger partial charge in [0, 0.05) is 6.61 Å². The van der Waals surface area contributed by atoms with Gasteiger partial charge in [-0.25, -0.2) is 0 Å². The lowest BCUT2D eigenvalue weighted by atomic mass is 10.1. The average Bonchev–Trinajstić information content (AvgIpc) is 2.42. The monoisotopic (exact) mass is 261 g/mol. The van der Waals surface area contributed by atoms with Crippen molar-refractivity contribution < 1.29 is 18.9 Å². The quantitative estimate of drug-likeness (QED) is 0.558. The molecule has 0 bridgehead atoms. The molecule has 0 atom stereocenters. The van der Waals surface area contributed by atoms with E-state index in [1.54, 1.807) is 0 Å². The van der Waals surface area contributed by atoms with Crippen molar-refractivity contribution in [2.24, 2.45) is 0 Å². The molecule has 0 aromatic heterocycles. The summed E-state index contributed by atoms with van der Waals surface area (Å²) in [5.74, 6) is 0. The van der Waals surface area contributed by atoms with Crippen LogP contribution in [-0.2, 0) is 18.9 Å². The topological polar surface area (TPSA) is 49.0 Å². The van der Waals surface area contributed by atoms with Crippen LogP contribution >= 0.6 is 0 Å². The van der Waals surface area contributed by atoms with Crippen molar-refractivity contribution in [2.75, 3.05) is 59.3 Å². The summed E-state index contributed by atoms with van der Waals surface area (Å²) < 4.78 is 21.6. The summed E-state index contributed by atoms with van der Waals surface area (Å²) in [6.07, 6.45) is 2.64. The fourth-order valence-corrected chi connectivity index (χ4v) is 1.82. The van der Waals surface area contributed by atoms with Crippen LogP contribution < -0.4 is 5.32 Å². The van der Waals surface area contributed by atoms with Crippen molar-refractivity contribution in [3.63, 3.8) is 0 Å². The predicted molar refractivity (Wildman–Crippen MR) is 70.0 cm³/mol. The molecule has 0 spiro atoms. The van der Waals surface area contributed by atoms with Crippen molar-refractivity contribution in [1.29, 1.82) is 0 Å². The molecule has 1 saturated heterocycles. The van der Waals surface area contributed by atoms with E-state index in [4.69, 9.17) is 18.9 Å². The number of ether oxygens (including phenoxy) is 4. The van der Waals surface area contributed by atoms with Gasteiger partial charge in [0.1, 0.15) is 0 Å². The van der Waals surface area contributed by atoms with Crippen LogP contribution in [0.2, 0.25) is 0 Å². The van der Waals surface area contributed by atoms with Crippen LogP contribution in [-0.4, -0.2) is 65.4 Å². The minimum atomic E-state index is 0.414. The summed E-state index contributed by atoms with van der Waals surface area (Å²) in [7, 11) is 0. The van der Waals surface area contributed by atoms with Crippen LogP contribution in [0, 0.1) is 0 Å². The van der Waals surface area contributed by atoms with Crippen LogP contribution in [0.15, 0.2) is 0 Å². The summed E-state index contributed by atoms with van der Waals surface area (Å²) >= 11 is 0. The van der Waals surface area contributed by atoms with Crippen molar-refractivity contribution >= 4 is 0 Å². The molecule has 0 radical (unpaired) electrons. The van der Waals surface area contributed by atoms with Crippen molar-refractivity contribution in [1.82, 2.24) is 5.32 Å². The Morgan fingerprint density at radius 1 is 0.833 bits per heavy atom. The summed E-state index contributed by atoms with van der Waals surface area (Å²) in [6, 6.07) is 0. The summed E-state index contributed by atoms with van der Waals surface area (Å²) in [6.45, 7) is 8.75. The van der Waals surface area contributed by atoms with Crippen LogP contribution in [0.5, 0.6) is 0 Å². The van der Waals surface area contributed by atoms with E-state index in [1.807, 2.05) is 6.92 Å². The third-order valence-corrected chi connectivity index (χ3v) is 2.82. The Kier molecular flexibility index (Phi) is 10.5. The molecular weight excluding hydrogens is 234 g/mol. The first-order chi connectivity index (χ1) is 8.93. The van der Waals surface area contributed by atoms with Gasteiger partial charge < -0.3 is 24.3 Å². The van der Waals surface area contributed by atoms with Gasteiger partial charge in [-0.2, -0.15) is 0 Å². The van der Waals surface area contributed by atoms with Crippen LogP contribution in [0.1, 0.15) is 19.8 Å². The van der Waals surface area contributed by atoms with E-state index in [-0.39, 0.29) is 0 Å². The van der Waals surface area contributed by atoms with Gasteiger partial charge >= 0.3 is 0 Å². The van der Waals surface area contributed by atoms with Crippen molar-refractivity contribution in [3.8, 4) is 0 Å². The highest BCUT2D eigenvalue weighted by Gasteiger charge is 2.12. The largest absolute Gasteiger partial charge is 0.379 e. The van der Waals surface area contributed by atoms with E-state index in [9.17, 15) is 0 Å². The first-order valence-corrected chi connectivity index (χ1v) is 6.99. The van der Waals surface area contributed by atoms with E-state index in [0.717, 1.165) is 32.5 Å². The van der Waals surface area contributed by atoms with Crippen molar-refractivity contribution in [3.05, 3.63) is 0 Å². The molecule has 0 unspecified atom stereocenters. The molecule has 0 amide bonds. The molecule has 1 fully saturated rings. The lowest BCUT2D eigenvalue weighted by Crippen LogP contribution is -2.33. The summed E-state index contributed by atoms with van der Waals surface area (Å²) in [4.78, 5) is 0. The highest BCUT2D eigenvalue weighted by atomic mass is 16.6. The molecule has 1 N–H and O–H groups in total. The molecule has 0 aromatic carbocycles. The highest BCUT2D eigenvalue weighted by molar-refractivity contribution is 4.67. The second-order valence-electron chi connectivity index (χ2n) is 4.24. The molecule has 0 aromatic rings. The second-order valence-corrected chi connectivity index (χ2v) is 4.24. The van der Waals surface area contributed by atoms with Gasteiger partial charge in [-0.1, -0.05) is 0 Å². The molecule has 1 aliphatic heterocycles. The molecule has 18 heavy (non-hydrogen) atoms. The molecule has 1 rings (SSSR count). The Hall–Kier alpha value is -0.200. The lowest BCUT2D eigenvalue weighted by molar-refractivity contribution is -0.0247. The molecule has 1 heterocycles. The van der Waals surface area contributed by atoms with Gasteiger partial charge in [-0.3, -0.25) is 0 Å². The number of rotatable bonds is 11. The van der Waals surface area contributed by atoms with Gasteiger partial charge in [0.25, 0.3) is 0 Å². The van der Waals surface area contributed by atoms with Crippen LogP contribution in [0.3, 0.4) is 0 Å². The standard InChI is InChI=1S/C13H27NO4/c1-2-15-7-8-16-9-10-17-11-12-18-13-3-5-14-6-4-13/h13-14H,2-12H2,1H3. The lowest BCUT2D eigenvalue weighted by Gasteiger charge is -2.22. The summed E-state index contributed by atoms with van der Waals surface area (Å²) in [5.41, 5.74) is 0. The average molecular weight is 261 g/mol. The van der Waals surface area contributed by atoms with Crippen LogP contribution in [0.25, 0.3) is 0 Å². The minimum absolute atomic E-state index is 0.414. The van der Waals surface area contributed by atoms with E-state index in [1.165, 1.54) is 0 Å². The Morgan fingerprint density at radius 2 is 1.39 bits per heavy atom. The predicted octanol–water partition coefficient (Wildman–Crippen LogP) is 0.825. The van der Waals surface area contributed by atoms with Gasteiger partial charge in [-0.05, 0) is 32.9 Å². The van der Waals surface area contributed by atoms with Gasteiger partial charge in [0.05, 0.1) is 45.7 Å². The van der Waals surface area contributed by atoms with E-state index >= 15 is 0 Å². The minimum Gasteiger partial charge on any atom is -0.379 e. The van der Waals surface area contributed by atoms with Crippen LogP contribution in [0.4, 0.5) is 0 Å². The SMILES string of the molecule is CCOCCOCCOCCOC1CCNCC1. The van der Waals surface area contributed by atoms with E-state index in [0.29, 0.717) is 45.7 Å². The van der Waals surface area contributed by atoms with Gasteiger partial charge in [-0.15, -0.1) is 0 Å². The first-order valence-electron chi connectivity index (χ1n) is 6.99. The Labute approximate surface area is 110 Å². The molecule has 5 heteroatoms. The molecule has 5 nitrogen and oxygen atoms in total. The zero-order valence-corrected chi connectivity index (χ0v) is 11.5. The van der Waals surface area contributed by atoms with Crippen molar-refractivity contribution in [2.45, 2.75) is 25.9 Å². The molecule has 0 saturated carbocycles. The van der Waals surface area contributed by atoms with E-state index < -0.39 is 0 Å². The maximum atomic E-state index is 5.72. The highest BCUT2D eigenvalue weighted by Crippen LogP contribution is 2.06. The fraction of sp³-hybridized carbons (Fsp3) is 1.00. The smallest absolute Gasteiger partial charge is 0.0704 e. The zero-order valence-electron chi connectivity index (χ0n) is 11.5. The number of hydrogen-bond donors (Lipinski definition) is 1. The third-order valence-electron chi connectivity index (χ3n) is 2.82. The van der Waals surface area contributed by atoms with E-state index in [2.05, 4.69) is 5.32 Å². The Bertz CT molecular complexity index is 174. The number of nitrogens with one attached hydrogen (secondary N) is 1. The number of piperidine rings is 1. The molecular formula is C13H27NO4. The normalized spacial score (nSPS) is 17.2. The number of hydrogen-bond acceptors (Lipinski definition) is 5. The second kappa shape index (κ2) is 11.9. The molecule has 108 valence electrons. The fourth-order valence-electron chi connectivity index (χ4n) is 1.82.